The minimum atomic E-state index is -0.914. The molecule has 0 aromatic heterocycles. The van der Waals surface area contributed by atoms with Gasteiger partial charge in [-0.15, -0.1) is 0 Å². The van der Waals surface area contributed by atoms with Gasteiger partial charge in [0.05, 0.1) is 24.3 Å². The number of ether oxygens (including phenoxy) is 1. The van der Waals surface area contributed by atoms with Crippen LogP contribution in [0, 0.1) is 0 Å². The Hall–Kier alpha value is -2.90. The second kappa shape index (κ2) is 7.58. The number of aromatic hydroxyl groups is 2. The molecule has 0 saturated carbocycles. The van der Waals surface area contributed by atoms with Gasteiger partial charge in [0.15, 0.2) is 5.78 Å². The summed E-state index contributed by atoms with van der Waals surface area (Å²) in [6, 6.07) is 7.97. The van der Waals surface area contributed by atoms with Gasteiger partial charge in [-0.2, -0.15) is 0 Å². The summed E-state index contributed by atoms with van der Waals surface area (Å²) in [4.78, 5) is 24.7. The number of aliphatic hydroxyl groups excluding tert-OH is 2. The number of carbonyl (C=O) groups is 2. The third-order valence-corrected chi connectivity index (χ3v) is 3.33. The Morgan fingerprint density at radius 2 is 1.62 bits per heavy atom. The molecular formula is C17H16O7. The van der Waals surface area contributed by atoms with E-state index in [0.29, 0.717) is 0 Å². The van der Waals surface area contributed by atoms with Crippen LogP contribution in [-0.2, 0) is 11.3 Å². The Balaban J connectivity index is 2.56. The van der Waals surface area contributed by atoms with Crippen LogP contribution >= 0.6 is 0 Å². The molecule has 2 rings (SSSR count). The summed E-state index contributed by atoms with van der Waals surface area (Å²) in [6.07, 6.45) is 0. The first-order valence-corrected chi connectivity index (χ1v) is 7.07. The lowest BCUT2D eigenvalue weighted by Gasteiger charge is -2.12. The van der Waals surface area contributed by atoms with Crippen molar-refractivity contribution >= 4 is 11.8 Å². The number of esters is 1. The Bertz CT molecular complexity index is 768. The van der Waals surface area contributed by atoms with E-state index >= 15 is 0 Å². The molecule has 0 heterocycles. The van der Waals surface area contributed by atoms with Crippen LogP contribution in [0.4, 0.5) is 0 Å². The molecule has 2 aromatic carbocycles. The number of ketones is 1. The zero-order valence-corrected chi connectivity index (χ0v) is 12.6. The Morgan fingerprint density at radius 3 is 2.25 bits per heavy atom. The Labute approximate surface area is 137 Å². The molecule has 0 amide bonds. The van der Waals surface area contributed by atoms with Crippen LogP contribution in [0.1, 0.15) is 31.8 Å². The van der Waals surface area contributed by atoms with E-state index in [4.69, 9.17) is 9.84 Å². The number of hydrogen-bond acceptors (Lipinski definition) is 7. The van der Waals surface area contributed by atoms with Gasteiger partial charge < -0.3 is 25.2 Å². The number of aliphatic hydroxyl groups is 2. The average molecular weight is 332 g/mol. The van der Waals surface area contributed by atoms with E-state index in [9.17, 15) is 24.9 Å². The number of para-hydroxylation sites is 1. The maximum Gasteiger partial charge on any atom is 0.339 e. The molecule has 0 aliphatic rings. The van der Waals surface area contributed by atoms with Crippen molar-refractivity contribution in [1.82, 2.24) is 0 Å². The molecule has 0 radical (unpaired) electrons. The maximum absolute atomic E-state index is 12.7. The fourth-order valence-corrected chi connectivity index (χ4v) is 2.14. The number of phenols is 2. The van der Waals surface area contributed by atoms with Crippen molar-refractivity contribution in [2.24, 2.45) is 0 Å². The molecule has 0 unspecified atom stereocenters. The second-order valence-electron chi connectivity index (χ2n) is 4.89. The first-order chi connectivity index (χ1) is 11.5. The van der Waals surface area contributed by atoms with Crippen LogP contribution in [0.2, 0.25) is 0 Å². The first-order valence-electron chi connectivity index (χ1n) is 7.07. The molecule has 0 aliphatic carbocycles. The van der Waals surface area contributed by atoms with Crippen LogP contribution in [0.3, 0.4) is 0 Å². The Morgan fingerprint density at radius 1 is 0.917 bits per heavy atom. The number of phenolic OH excluding ortho intramolecular Hbond substituents is 1. The topological polar surface area (TPSA) is 124 Å². The minimum Gasteiger partial charge on any atom is -0.508 e. The second-order valence-corrected chi connectivity index (χ2v) is 4.89. The van der Waals surface area contributed by atoms with Crippen LogP contribution in [0.5, 0.6) is 11.5 Å². The third kappa shape index (κ3) is 3.53. The van der Waals surface area contributed by atoms with Gasteiger partial charge in [0.25, 0.3) is 0 Å². The normalized spacial score (nSPS) is 10.4. The fraction of sp³-hybridized carbons (Fsp3) is 0.176. The van der Waals surface area contributed by atoms with Crippen molar-refractivity contribution in [3.63, 3.8) is 0 Å². The van der Waals surface area contributed by atoms with Crippen molar-refractivity contribution < 1.29 is 34.8 Å². The van der Waals surface area contributed by atoms with E-state index in [1.807, 2.05) is 0 Å². The third-order valence-electron chi connectivity index (χ3n) is 3.33. The molecule has 4 N–H and O–H groups in total. The Kier molecular flexibility index (Phi) is 5.51. The molecule has 2 aromatic rings. The van der Waals surface area contributed by atoms with Gasteiger partial charge in [0, 0.05) is 11.1 Å². The molecular weight excluding hydrogens is 316 g/mol. The quantitative estimate of drug-likeness (QED) is 0.459. The monoisotopic (exact) mass is 332 g/mol. The number of hydrogen-bond donors (Lipinski definition) is 4. The standard InChI is InChI=1S/C17H16O7/c18-5-6-24-17(23)13-8-15(21)10(9-19)7-12(13)16(22)11-3-1-2-4-14(11)20/h1-4,7-8,18-21H,5-6,9H2. The summed E-state index contributed by atoms with van der Waals surface area (Å²) in [5, 5.41) is 37.6. The number of benzene rings is 2. The summed E-state index contributed by atoms with van der Waals surface area (Å²) in [6.45, 7) is -1.21. The summed E-state index contributed by atoms with van der Waals surface area (Å²) in [7, 11) is 0. The van der Waals surface area contributed by atoms with Crippen LogP contribution in [0.15, 0.2) is 36.4 Å². The van der Waals surface area contributed by atoms with E-state index < -0.39 is 25.0 Å². The number of carbonyl (C=O) groups excluding carboxylic acids is 2. The van der Waals surface area contributed by atoms with Crippen molar-refractivity contribution in [1.29, 1.82) is 0 Å². The minimum absolute atomic E-state index is 0.0386. The lowest BCUT2D eigenvalue weighted by atomic mass is 9.95. The largest absolute Gasteiger partial charge is 0.508 e. The van der Waals surface area contributed by atoms with Gasteiger partial charge in [-0.05, 0) is 24.3 Å². The van der Waals surface area contributed by atoms with Crippen LogP contribution in [-0.4, -0.2) is 45.4 Å². The fourth-order valence-electron chi connectivity index (χ4n) is 2.14. The van der Waals surface area contributed by atoms with E-state index in [-0.39, 0.29) is 40.4 Å². The highest BCUT2D eigenvalue weighted by molar-refractivity contribution is 6.16. The van der Waals surface area contributed by atoms with Crippen molar-refractivity contribution in [2.75, 3.05) is 13.2 Å². The molecule has 0 fully saturated rings. The van der Waals surface area contributed by atoms with E-state index in [2.05, 4.69) is 0 Å². The van der Waals surface area contributed by atoms with Gasteiger partial charge in [-0.25, -0.2) is 4.79 Å². The van der Waals surface area contributed by atoms with E-state index in [1.165, 1.54) is 18.2 Å². The lowest BCUT2D eigenvalue weighted by Crippen LogP contribution is -2.15. The predicted molar refractivity (Wildman–Crippen MR) is 82.9 cm³/mol. The molecule has 0 saturated heterocycles. The maximum atomic E-state index is 12.7. The molecule has 0 spiro atoms. The molecule has 126 valence electrons. The van der Waals surface area contributed by atoms with Gasteiger partial charge in [0.2, 0.25) is 0 Å². The summed E-state index contributed by atoms with van der Waals surface area (Å²) in [5.74, 6) is -2.22. The van der Waals surface area contributed by atoms with Crippen molar-refractivity contribution in [3.05, 3.63) is 58.7 Å². The molecule has 7 nitrogen and oxygen atoms in total. The highest BCUT2D eigenvalue weighted by Crippen LogP contribution is 2.28. The highest BCUT2D eigenvalue weighted by Gasteiger charge is 2.23. The SMILES string of the molecule is O=C(OCCO)c1cc(O)c(CO)cc1C(=O)c1ccccc1O. The summed E-state index contributed by atoms with van der Waals surface area (Å²) < 4.78 is 4.79. The zero-order chi connectivity index (χ0) is 17.7. The van der Waals surface area contributed by atoms with Gasteiger partial charge in [0.1, 0.15) is 18.1 Å². The smallest absolute Gasteiger partial charge is 0.339 e. The van der Waals surface area contributed by atoms with Gasteiger partial charge >= 0.3 is 5.97 Å². The predicted octanol–water partition coefficient (Wildman–Crippen LogP) is 0.970. The molecule has 24 heavy (non-hydrogen) atoms. The zero-order valence-electron chi connectivity index (χ0n) is 12.6. The first kappa shape index (κ1) is 17.5. The molecule has 0 bridgehead atoms. The van der Waals surface area contributed by atoms with Crippen molar-refractivity contribution in [2.45, 2.75) is 6.61 Å². The summed E-state index contributed by atoms with van der Waals surface area (Å²) >= 11 is 0. The molecule has 7 heteroatoms. The average Bonchev–Trinajstić information content (AvgIpc) is 2.59. The van der Waals surface area contributed by atoms with E-state index in [0.717, 1.165) is 6.07 Å². The van der Waals surface area contributed by atoms with Crippen molar-refractivity contribution in [3.8, 4) is 11.5 Å². The molecule has 0 aliphatic heterocycles. The van der Waals surface area contributed by atoms with Gasteiger partial charge in [-0.1, -0.05) is 12.1 Å². The van der Waals surface area contributed by atoms with Crippen LogP contribution < -0.4 is 0 Å². The van der Waals surface area contributed by atoms with Crippen LogP contribution in [0.25, 0.3) is 0 Å². The summed E-state index contributed by atoms with van der Waals surface area (Å²) in [5.41, 5.74) is -0.358. The lowest BCUT2D eigenvalue weighted by molar-refractivity contribution is 0.0431. The molecule has 0 atom stereocenters. The highest BCUT2D eigenvalue weighted by atomic mass is 16.5. The van der Waals surface area contributed by atoms with E-state index in [1.54, 1.807) is 12.1 Å². The van der Waals surface area contributed by atoms with Gasteiger partial charge in [-0.3, -0.25) is 4.79 Å². The number of rotatable bonds is 6.